The average Bonchev–Trinajstić information content (AvgIpc) is 0. The third kappa shape index (κ3) is 54.6. The second-order valence-corrected chi connectivity index (χ2v) is 0. The van der Waals surface area contributed by atoms with E-state index < -0.39 is 0 Å². The maximum absolute atomic E-state index is 0. The fourth-order valence-electron chi connectivity index (χ4n) is 0. The smallest absolute Gasteiger partial charge is 0.870 e. The molecule has 0 rings (SSSR count). The van der Waals surface area contributed by atoms with Crippen molar-refractivity contribution in [2.45, 2.75) is 0 Å². The van der Waals surface area contributed by atoms with Gasteiger partial charge in [-0.2, -0.15) is 0 Å². The molecule has 0 fully saturated rings. The first-order valence-electron chi connectivity index (χ1n) is 0. The molecule has 0 saturated heterocycles. The number of rotatable bonds is 0. The predicted molar refractivity (Wildman–Crippen MR) is 19.3 cm³/mol. The summed E-state index contributed by atoms with van der Waals surface area (Å²) >= 11 is 0. The zero-order chi connectivity index (χ0) is 0. The zero-order valence-electron chi connectivity index (χ0n) is 4.00. The first-order valence-corrected chi connectivity index (χ1v) is 0. The van der Waals surface area contributed by atoms with Crippen molar-refractivity contribution in [3.63, 3.8) is 0 Å². The Hall–Kier alpha value is 3.62. The van der Waals surface area contributed by atoms with E-state index in [-0.39, 0.29) is 135 Å². The Morgan fingerprint density at radius 2 is 0.625 bits per heavy atom. The van der Waals surface area contributed by atoms with Gasteiger partial charge in [-0.25, -0.2) is 0 Å². The zero-order valence-corrected chi connectivity index (χ0v) is 14.1. The van der Waals surface area contributed by atoms with E-state index in [1.165, 1.54) is 0 Å². The molecule has 0 aliphatic heterocycles. The monoisotopic (exact) mass is 454 g/mol. The van der Waals surface area contributed by atoms with Crippen LogP contribution >= 0.6 is 0 Å². The van der Waals surface area contributed by atoms with Gasteiger partial charge in [0.15, 0.2) is 0 Å². The van der Waals surface area contributed by atoms with Gasteiger partial charge in [0.25, 0.3) is 0 Å². The summed E-state index contributed by atoms with van der Waals surface area (Å²) in [6, 6.07) is 0. The molecule has 0 unspecified atom stereocenters. The molecule has 0 bridgehead atoms. The molecule has 0 amide bonds. The van der Waals surface area contributed by atoms with Crippen LogP contribution in [0.4, 0.5) is 0 Å². The Morgan fingerprint density at radius 3 is 0.625 bits per heavy atom. The van der Waals surface area contributed by atoms with Gasteiger partial charge in [0, 0.05) is 49.0 Å². The summed E-state index contributed by atoms with van der Waals surface area (Å²) in [4.78, 5) is 0. The Balaban J connectivity index is 0. The average molecular weight is 454 g/mol. The minimum atomic E-state index is 0. The Kier molecular flexibility index (Phi) is 938. The van der Waals surface area contributed by atoms with E-state index in [1.807, 2.05) is 0 Å². The summed E-state index contributed by atoms with van der Waals surface area (Å²) in [5.74, 6) is 0. The third-order valence-electron chi connectivity index (χ3n) is 0. The van der Waals surface area contributed by atoms with Crippen LogP contribution in [0.2, 0.25) is 0 Å². The molecule has 0 saturated carbocycles. The van der Waals surface area contributed by atoms with Crippen molar-refractivity contribution in [1.29, 1.82) is 0 Å². The normalized spacial score (nSPS) is 0. The van der Waals surface area contributed by atoms with Gasteiger partial charge in [0.2, 0.25) is 0 Å². The van der Waals surface area contributed by atoms with Crippen molar-refractivity contribution in [2.75, 3.05) is 0 Å². The van der Waals surface area contributed by atoms with Crippen LogP contribution in [0.1, 0.15) is 0 Å². The van der Waals surface area contributed by atoms with Gasteiger partial charge in [0.1, 0.15) is 0 Å². The summed E-state index contributed by atoms with van der Waals surface area (Å²) in [6.07, 6.45) is 0. The van der Waals surface area contributed by atoms with Gasteiger partial charge in [0.05, 0.1) is 0 Å². The maximum atomic E-state index is 0. The molecule has 8 heteroatoms. The van der Waals surface area contributed by atoms with Crippen molar-refractivity contribution in [3.8, 4) is 0 Å². The largest absolute Gasteiger partial charge is 2.00 e. The van der Waals surface area contributed by atoms with Crippen LogP contribution in [0, 0.1) is 0 Å². The minimum absolute atomic E-state index is 0. The second kappa shape index (κ2) is 75.0. The third-order valence-corrected chi connectivity index (χ3v) is 0. The molecule has 4 nitrogen and oxygen atoms in total. The molecule has 0 atom stereocenters. The first kappa shape index (κ1) is 100. The summed E-state index contributed by atoms with van der Waals surface area (Å²) < 4.78 is 0. The van der Waals surface area contributed by atoms with Crippen LogP contribution in [0.25, 0.3) is 0 Å². The maximum Gasteiger partial charge on any atom is 2.00 e. The van der Waals surface area contributed by atoms with Crippen LogP contribution in [0.15, 0.2) is 0 Å². The van der Waals surface area contributed by atoms with Crippen molar-refractivity contribution in [1.82, 2.24) is 0 Å². The molecule has 8 heavy (non-hydrogen) atoms. The van der Waals surface area contributed by atoms with Crippen molar-refractivity contribution >= 4 is 65.0 Å². The molecular weight excluding hydrogens is 450 g/mol. The van der Waals surface area contributed by atoms with Gasteiger partial charge in [-0.05, 0) is 0 Å². The van der Waals surface area contributed by atoms with E-state index >= 15 is 0 Å². The molecule has 0 aromatic heterocycles. The van der Waals surface area contributed by atoms with Crippen molar-refractivity contribution < 1.29 is 69.8 Å². The Labute approximate surface area is 132 Å². The molecule has 0 aliphatic rings. The molecule has 4 radical (unpaired) electrons. The fraction of sp³-hybridized carbons (Fsp3) is 0. The fourth-order valence-corrected chi connectivity index (χ4v) is 0. The quantitative estimate of drug-likeness (QED) is 0.415. The molecular formula is H4CaO4PbTiZr. The van der Waals surface area contributed by atoms with E-state index in [0.717, 1.165) is 0 Å². The van der Waals surface area contributed by atoms with Crippen molar-refractivity contribution in [3.05, 3.63) is 0 Å². The Bertz CT molecular complexity index is 16.0. The molecule has 0 spiro atoms. The van der Waals surface area contributed by atoms with E-state index in [0.29, 0.717) is 0 Å². The first-order chi connectivity index (χ1) is 0. The van der Waals surface area contributed by atoms with Crippen LogP contribution in [0.3, 0.4) is 0 Å². The molecule has 42 valence electrons. The Morgan fingerprint density at radius 1 is 0.625 bits per heavy atom. The van der Waals surface area contributed by atoms with Crippen molar-refractivity contribution in [2.24, 2.45) is 0 Å². The summed E-state index contributed by atoms with van der Waals surface area (Å²) in [5.41, 5.74) is 0. The van der Waals surface area contributed by atoms with Crippen LogP contribution in [-0.2, 0) is 47.9 Å². The van der Waals surface area contributed by atoms with Gasteiger partial charge in [-0.1, -0.05) is 0 Å². The molecule has 0 aromatic carbocycles. The standard InChI is InChI=1S/Ca.4H2O.Pb.Ti.Zr/h;4*1H2;;;/q+2;;;;;;;+2/p-4. The van der Waals surface area contributed by atoms with E-state index in [9.17, 15) is 0 Å². The SMILES string of the molecule is [Ca+2].[OH-].[OH-].[OH-].[OH-].[Pb].[Ti].[Zr+2]. The molecule has 0 aromatic rings. The number of hydrogen-bond acceptors (Lipinski definition) is 4. The van der Waals surface area contributed by atoms with Gasteiger partial charge >= 0.3 is 63.9 Å². The van der Waals surface area contributed by atoms with E-state index in [1.54, 1.807) is 0 Å². The predicted octanol–water partition coefficient (Wildman–Crippen LogP) is -1.47. The van der Waals surface area contributed by atoms with Crippen LogP contribution in [0.5, 0.6) is 0 Å². The second-order valence-electron chi connectivity index (χ2n) is 0. The summed E-state index contributed by atoms with van der Waals surface area (Å²) in [6.45, 7) is 0. The topological polar surface area (TPSA) is 120 Å². The molecule has 4 N–H and O–H groups in total. The van der Waals surface area contributed by atoms with Crippen LogP contribution < -0.4 is 0 Å². The summed E-state index contributed by atoms with van der Waals surface area (Å²) in [5, 5.41) is 0. The van der Waals surface area contributed by atoms with Crippen LogP contribution in [-0.4, -0.2) is 86.9 Å². The van der Waals surface area contributed by atoms with Gasteiger partial charge in [-0.15, -0.1) is 0 Å². The summed E-state index contributed by atoms with van der Waals surface area (Å²) in [7, 11) is 0. The molecule has 0 aliphatic carbocycles. The van der Waals surface area contributed by atoms with E-state index in [2.05, 4.69) is 0 Å². The van der Waals surface area contributed by atoms with E-state index in [4.69, 9.17) is 0 Å². The van der Waals surface area contributed by atoms with Gasteiger partial charge < -0.3 is 21.9 Å². The number of hydrogen-bond donors (Lipinski definition) is 0. The van der Waals surface area contributed by atoms with Gasteiger partial charge in [-0.3, -0.25) is 0 Å². The molecule has 0 heterocycles. The minimum Gasteiger partial charge on any atom is -0.870 e.